The molecule has 2 aromatic rings. The Morgan fingerprint density at radius 3 is 2.53 bits per heavy atom. The lowest BCUT2D eigenvalue weighted by Gasteiger charge is -2.13. The molecule has 5 heteroatoms. The van der Waals surface area contributed by atoms with Crippen LogP contribution in [0, 0.1) is 0 Å². The second-order valence-corrected chi connectivity index (χ2v) is 5.74. The minimum atomic E-state index is 0.387. The molecule has 0 unspecified atom stereocenters. The molecule has 1 aliphatic rings. The van der Waals surface area contributed by atoms with E-state index >= 15 is 0 Å². The van der Waals surface area contributed by atoms with Gasteiger partial charge in [0.05, 0.1) is 0 Å². The van der Waals surface area contributed by atoms with Crippen LogP contribution in [0.15, 0.2) is 35.5 Å². The number of nitrogens with zero attached hydrogens (tertiary/aromatic N) is 2. The Morgan fingerprint density at radius 2 is 1.89 bits per heavy atom. The molecule has 0 saturated carbocycles. The molecule has 0 aliphatic heterocycles. The summed E-state index contributed by atoms with van der Waals surface area (Å²) in [6.45, 7) is 0. The Hall–Kier alpha value is -1.26. The highest BCUT2D eigenvalue weighted by atomic mass is 35.5. The molecule has 0 spiro atoms. The molecular weight excluding hydrogens is 278 g/mol. The summed E-state index contributed by atoms with van der Waals surface area (Å²) in [6.07, 6.45) is 4.01. The first-order chi connectivity index (χ1) is 9.24. The first kappa shape index (κ1) is 12.8. The van der Waals surface area contributed by atoms with Gasteiger partial charge in [-0.3, -0.25) is 0 Å². The van der Waals surface area contributed by atoms with Crippen molar-refractivity contribution in [3.05, 3.63) is 46.6 Å². The van der Waals surface area contributed by atoms with Crippen molar-refractivity contribution in [3.8, 4) is 0 Å². The van der Waals surface area contributed by atoms with Crippen LogP contribution in [0.4, 0.5) is 5.82 Å². The molecule has 0 atom stereocenters. The Balaban J connectivity index is 1.75. The summed E-state index contributed by atoms with van der Waals surface area (Å²) in [6, 6.07) is 10.7. The fraction of sp³-hybridized carbons (Fsp3) is 0.286. The summed E-state index contributed by atoms with van der Waals surface area (Å²) in [5.74, 6) is 0.808. The zero-order chi connectivity index (χ0) is 13.2. The van der Waals surface area contributed by atoms with Gasteiger partial charge in [0.25, 0.3) is 0 Å². The number of anilines is 1. The molecule has 1 aromatic heterocycles. The Morgan fingerprint density at radius 1 is 1.21 bits per heavy atom. The maximum absolute atomic E-state index is 6.00. The van der Waals surface area contributed by atoms with Gasteiger partial charge in [0.2, 0.25) is 0 Å². The number of fused-ring (bicyclic) bond motifs is 1. The van der Waals surface area contributed by atoms with Gasteiger partial charge in [-0.05, 0) is 30.2 Å². The zero-order valence-electron chi connectivity index (χ0n) is 10.6. The monoisotopic (exact) mass is 291 g/mol. The number of hydrogen-bond donors (Lipinski definition) is 1. The second-order valence-electron chi connectivity index (χ2n) is 4.58. The molecule has 3 nitrogen and oxygen atoms in total. The molecule has 1 N–H and O–H groups in total. The van der Waals surface area contributed by atoms with Crippen molar-refractivity contribution in [3.63, 3.8) is 0 Å². The number of aromatic nitrogens is 2. The van der Waals surface area contributed by atoms with Gasteiger partial charge in [0.15, 0.2) is 5.16 Å². The molecule has 3 rings (SSSR count). The molecule has 0 bridgehead atoms. The Bertz CT molecular complexity index is 578. The van der Waals surface area contributed by atoms with Crippen molar-refractivity contribution in [2.24, 2.45) is 0 Å². The van der Waals surface area contributed by atoms with Crippen LogP contribution in [0.1, 0.15) is 11.1 Å². The van der Waals surface area contributed by atoms with E-state index in [0.717, 1.165) is 18.7 Å². The summed E-state index contributed by atoms with van der Waals surface area (Å²) in [7, 11) is 0. The van der Waals surface area contributed by atoms with Gasteiger partial charge in [-0.2, -0.15) is 0 Å². The van der Waals surface area contributed by atoms with Crippen molar-refractivity contribution in [1.82, 2.24) is 9.97 Å². The highest BCUT2D eigenvalue weighted by Gasteiger charge is 2.21. The third-order valence-corrected chi connectivity index (χ3v) is 4.00. The van der Waals surface area contributed by atoms with Crippen molar-refractivity contribution < 1.29 is 0 Å². The largest absolute Gasteiger partial charge is 0.366 e. The smallest absolute Gasteiger partial charge is 0.190 e. The van der Waals surface area contributed by atoms with Crippen LogP contribution in [-0.4, -0.2) is 22.3 Å². The van der Waals surface area contributed by atoms with E-state index in [2.05, 4.69) is 39.6 Å². The highest BCUT2D eigenvalue weighted by molar-refractivity contribution is 7.98. The van der Waals surface area contributed by atoms with Crippen molar-refractivity contribution in [2.45, 2.75) is 24.0 Å². The predicted octanol–water partition coefficient (Wildman–Crippen LogP) is 3.43. The van der Waals surface area contributed by atoms with E-state index in [4.69, 9.17) is 11.6 Å². The van der Waals surface area contributed by atoms with Crippen LogP contribution in [-0.2, 0) is 12.8 Å². The average molecular weight is 292 g/mol. The fourth-order valence-electron chi connectivity index (χ4n) is 2.43. The molecule has 0 saturated heterocycles. The lowest BCUT2D eigenvalue weighted by atomic mass is 10.1. The number of rotatable bonds is 3. The number of benzene rings is 1. The summed E-state index contributed by atoms with van der Waals surface area (Å²) in [5, 5.41) is 4.64. The van der Waals surface area contributed by atoms with Crippen molar-refractivity contribution in [2.75, 3.05) is 11.6 Å². The molecule has 98 valence electrons. The van der Waals surface area contributed by atoms with Gasteiger partial charge < -0.3 is 5.32 Å². The van der Waals surface area contributed by atoms with Crippen LogP contribution in [0.25, 0.3) is 0 Å². The normalized spacial score (nSPS) is 14.4. The topological polar surface area (TPSA) is 37.8 Å². The highest BCUT2D eigenvalue weighted by Crippen LogP contribution is 2.25. The van der Waals surface area contributed by atoms with E-state index < -0.39 is 0 Å². The lowest BCUT2D eigenvalue weighted by Crippen LogP contribution is -2.20. The minimum Gasteiger partial charge on any atom is -0.366 e. The molecule has 0 fully saturated rings. The maximum Gasteiger partial charge on any atom is 0.190 e. The number of halogens is 1. The first-order valence-corrected chi connectivity index (χ1v) is 7.77. The van der Waals surface area contributed by atoms with Crippen LogP contribution >= 0.6 is 23.4 Å². The predicted molar refractivity (Wildman–Crippen MR) is 80.1 cm³/mol. The SMILES string of the molecule is CSc1nc(Cl)cc(NC2Cc3ccccc3C2)n1. The van der Waals surface area contributed by atoms with E-state index in [1.54, 1.807) is 6.07 Å². The van der Waals surface area contributed by atoms with E-state index in [0.29, 0.717) is 16.4 Å². The second kappa shape index (κ2) is 5.39. The molecule has 1 aromatic carbocycles. The first-order valence-electron chi connectivity index (χ1n) is 6.16. The standard InChI is InChI=1S/C14H14ClN3S/c1-19-14-17-12(15)8-13(18-14)16-11-6-9-4-2-3-5-10(9)7-11/h2-5,8,11H,6-7H2,1H3,(H,16,17,18). The van der Waals surface area contributed by atoms with Crippen molar-refractivity contribution in [1.29, 1.82) is 0 Å². The molecule has 1 aliphatic carbocycles. The zero-order valence-corrected chi connectivity index (χ0v) is 12.1. The molecule has 0 radical (unpaired) electrons. The summed E-state index contributed by atoms with van der Waals surface area (Å²) < 4.78 is 0. The Labute approximate surface area is 121 Å². The van der Waals surface area contributed by atoms with E-state index in [1.165, 1.54) is 22.9 Å². The molecule has 1 heterocycles. The third kappa shape index (κ3) is 2.85. The van der Waals surface area contributed by atoms with E-state index in [9.17, 15) is 0 Å². The summed E-state index contributed by atoms with van der Waals surface area (Å²) >= 11 is 7.49. The quantitative estimate of drug-likeness (QED) is 0.534. The molecule has 19 heavy (non-hydrogen) atoms. The van der Waals surface area contributed by atoms with E-state index in [1.807, 2.05) is 6.26 Å². The number of hydrogen-bond acceptors (Lipinski definition) is 4. The van der Waals surface area contributed by atoms with Gasteiger partial charge in [0.1, 0.15) is 11.0 Å². The number of thioether (sulfide) groups is 1. The molecular formula is C14H14ClN3S. The van der Waals surface area contributed by atoms with Crippen LogP contribution in [0.5, 0.6) is 0 Å². The average Bonchev–Trinajstić information content (AvgIpc) is 2.80. The van der Waals surface area contributed by atoms with Gasteiger partial charge in [0, 0.05) is 12.1 Å². The summed E-state index contributed by atoms with van der Waals surface area (Å²) in [4.78, 5) is 8.58. The van der Waals surface area contributed by atoms with Gasteiger partial charge in [-0.1, -0.05) is 47.6 Å². The fourth-order valence-corrected chi connectivity index (χ4v) is 3.04. The third-order valence-electron chi connectivity index (χ3n) is 3.26. The Kier molecular flexibility index (Phi) is 3.62. The van der Waals surface area contributed by atoms with Crippen molar-refractivity contribution >= 4 is 29.2 Å². The van der Waals surface area contributed by atoms with Gasteiger partial charge in [-0.25, -0.2) is 9.97 Å². The van der Waals surface area contributed by atoms with Crippen LogP contribution in [0.3, 0.4) is 0 Å². The minimum absolute atomic E-state index is 0.387. The van der Waals surface area contributed by atoms with E-state index in [-0.39, 0.29) is 0 Å². The lowest BCUT2D eigenvalue weighted by molar-refractivity contribution is 0.763. The maximum atomic E-state index is 6.00. The molecule has 0 amide bonds. The van der Waals surface area contributed by atoms with Gasteiger partial charge >= 0.3 is 0 Å². The van der Waals surface area contributed by atoms with Gasteiger partial charge in [-0.15, -0.1) is 0 Å². The van der Waals surface area contributed by atoms with Crippen LogP contribution in [0.2, 0.25) is 5.15 Å². The van der Waals surface area contributed by atoms with Crippen LogP contribution < -0.4 is 5.32 Å². The summed E-state index contributed by atoms with van der Waals surface area (Å²) in [5.41, 5.74) is 2.84. The number of nitrogens with one attached hydrogen (secondary N) is 1.